The van der Waals surface area contributed by atoms with Crippen LogP contribution in [0.5, 0.6) is 0 Å². The maximum atomic E-state index is 10.9. The minimum atomic E-state index is -0.498. The highest BCUT2D eigenvalue weighted by atomic mass is 16.5. The Labute approximate surface area is 92.5 Å². The van der Waals surface area contributed by atoms with Gasteiger partial charge in [-0.1, -0.05) is 6.58 Å². The highest BCUT2D eigenvalue weighted by Crippen LogP contribution is 2.04. The van der Waals surface area contributed by atoms with E-state index in [1.165, 1.54) is 0 Å². The molecule has 0 radical (unpaired) electrons. The molecule has 1 unspecified atom stereocenters. The van der Waals surface area contributed by atoms with Crippen LogP contribution < -0.4 is 11.5 Å². The van der Waals surface area contributed by atoms with Gasteiger partial charge in [-0.05, 0) is 6.92 Å². The van der Waals surface area contributed by atoms with Crippen LogP contribution in [0.15, 0.2) is 12.7 Å². The molecule has 0 fully saturated rings. The van der Waals surface area contributed by atoms with E-state index in [1.807, 2.05) is 0 Å². The maximum absolute atomic E-state index is 10.9. The maximum Gasteiger partial charge on any atom is 0.330 e. The van der Waals surface area contributed by atoms with Crippen molar-refractivity contribution in [3.05, 3.63) is 18.5 Å². The third-order valence-corrected chi connectivity index (χ3v) is 1.67. The van der Waals surface area contributed by atoms with Crippen LogP contribution in [0, 0.1) is 0 Å². The standard InChI is InChI=1S/C9H13N5O2/c1-3-7(15)16-5(2)4-6-12-8(10)14-9(11)13-6/h3,5H,1,4H2,2H3,(H4,10,11,12,13,14). The van der Waals surface area contributed by atoms with Gasteiger partial charge in [0, 0.05) is 12.5 Å². The zero-order valence-electron chi connectivity index (χ0n) is 8.88. The number of nitrogens with two attached hydrogens (primary N) is 2. The summed E-state index contributed by atoms with van der Waals surface area (Å²) in [6.45, 7) is 5.00. The average Bonchev–Trinajstić information content (AvgIpc) is 2.15. The molecule has 16 heavy (non-hydrogen) atoms. The first-order valence-electron chi connectivity index (χ1n) is 4.60. The number of rotatable bonds is 4. The average molecular weight is 223 g/mol. The van der Waals surface area contributed by atoms with Gasteiger partial charge in [-0.25, -0.2) is 4.79 Å². The van der Waals surface area contributed by atoms with Crippen LogP contribution in [0.2, 0.25) is 0 Å². The van der Waals surface area contributed by atoms with Gasteiger partial charge in [0.05, 0.1) is 0 Å². The van der Waals surface area contributed by atoms with Gasteiger partial charge in [-0.2, -0.15) is 15.0 Å². The summed E-state index contributed by atoms with van der Waals surface area (Å²) in [6, 6.07) is 0. The number of hydrogen-bond acceptors (Lipinski definition) is 7. The summed E-state index contributed by atoms with van der Waals surface area (Å²) < 4.78 is 4.94. The van der Waals surface area contributed by atoms with Crippen LogP contribution in [0.25, 0.3) is 0 Å². The van der Waals surface area contributed by atoms with Crippen molar-refractivity contribution in [2.75, 3.05) is 11.5 Å². The Morgan fingerprint density at radius 1 is 1.44 bits per heavy atom. The van der Waals surface area contributed by atoms with Crippen molar-refractivity contribution < 1.29 is 9.53 Å². The lowest BCUT2D eigenvalue weighted by Crippen LogP contribution is -2.18. The van der Waals surface area contributed by atoms with Crippen LogP contribution in [0.4, 0.5) is 11.9 Å². The first-order valence-corrected chi connectivity index (χ1v) is 4.60. The zero-order chi connectivity index (χ0) is 12.1. The molecule has 0 saturated carbocycles. The smallest absolute Gasteiger partial charge is 0.330 e. The van der Waals surface area contributed by atoms with Gasteiger partial charge >= 0.3 is 5.97 Å². The number of carbonyl (C=O) groups is 1. The molecule has 4 N–H and O–H groups in total. The van der Waals surface area contributed by atoms with Gasteiger partial charge in [0.25, 0.3) is 0 Å². The number of anilines is 2. The largest absolute Gasteiger partial charge is 0.459 e. The van der Waals surface area contributed by atoms with Gasteiger partial charge in [-0.3, -0.25) is 0 Å². The second kappa shape index (κ2) is 5.06. The molecule has 1 aromatic heterocycles. The van der Waals surface area contributed by atoms with Gasteiger partial charge < -0.3 is 16.2 Å². The van der Waals surface area contributed by atoms with E-state index in [9.17, 15) is 4.79 Å². The number of nitrogens with zero attached hydrogens (tertiary/aromatic N) is 3. The second-order valence-corrected chi connectivity index (χ2v) is 3.12. The molecule has 0 aromatic carbocycles. The number of carbonyl (C=O) groups excluding carboxylic acids is 1. The Kier molecular flexibility index (Phi) is 3.76. The first kappa shape index (κ1) is 11.9. The van der Waals surface area contributed by atoms with Crippen LogP contribution >= 0.6 is 0 Å². The molecule has 0 aliphatic rings. The Bertz CT molecular complexity index is 387. The molecule has 1 aromatic rings. The van der Waals surface area contributed by atoms with E-state index in [2.05, 4.69) is 21.5 Å². The fourth-order valence-electron chi connectivity index (χ4n) is 1.09. The van der Waals surface area contributed by atoms with Crippen molar-refractivity contribution in [2.24, 2.45) is 0 Å². The van der Waals surface area contributed by atoms with Gasteiger partial charge in [0.15, 0.2) is 0 Å². The van der Waals surface area contributed by atoms with Crippen LogP contribution in [-0.4, -0.2) is 27.0 Å². The zero-order valence-corrected chi connectivity index (χ0v) is 8.88. The molecule has 0 bridgehead atoms. The van der Waals surface area contributed by atoms with Crippen molar-refractivity contribution in [2.45, 2.75) is 19.4 Å². The molecule has 0 saturated heterocycles. The SMILES string of the molecule is C=CC(=O)OC(C)Cc1nc(N)nc(N)n1. The lowest BCUT2D eigenvalue weighted by atomic mass is 10.3. The number of hydrogen-bond donors (Lipinski definition) is 2. The predicted octanol–water partition coefficient (Wildman–Crippen LogP) is -0.304. The molecular weight excluding hydrogens is 210 g/mol. The van der Waals surface area contributed by atoms with E-state index in [4.69, 9.17) is 16.2 Å². The number of esters is 1. The van der Waals surface area contributed by atoms with Gasteiger partial charge in [0.1, 0.15) is 11.9 Å². The third kappa shape index (κ3) is 3.52. The quantitative estimate of drug-likeness (QED) is 0.531. The van der Waals surface area contributed by atoms with Crippen molar-refractivity contribution >= 4 is 17.9 Å². The summed E-state index contributed by atoms with van der Waals surface area (Å²) in [4.78, 5) is 22.3. The number of aromatic nitrogens is 3. The van der Waals surface area contributed by atoms with E-state index < -0.39 is 5.97 Å². The molecule has 0 spiro atoms. The van der Waals surface area contributed by atoms with E-state index in [0.717, 1.165) is 6.08 Å². The molecule has 7 nitrogen and oxygen atoms in total. The lowest BCUT2D eigenvalue weighted by molar-refractivity contribution is -0.142. The summed E-state index contributed by atoms with van der Waals surface area (Å²) in [6.07, 6.45) is 1.02. The van der Waals surface area contributed by atoms with Gasteiger partial charge in [-0.15, -0.1) is 0 Å². The Morgan fingerprint density at radius 2 is 2.00 bits per heavy atom. The predicted molar refractivity (Wildman–Crippen MR) is 58.1 cm³/mol. The number of ether oxygens (including phenoxy) is 1. The second-order valence-electron chi connectivity index (χ2n) is 3.12. The molecule has 86 valence electrons. The van der Waals surface area contributed by atoms with E-state index in [1.54, 1.807) is 6.92 Å². The number of nitrogen functional groups attached to an aromatic ring is 2. The molecule has 0 amide bonds. The highest BCUT2D eigenvalue weighted by molar-refractivity contribution is 5.81. The molecular formula is C9H13N5O2. The Balaban J connectivity index is 2.65. The van der Waals surface area contributed by atoms with Crippen molar-refractivity contribution in [3.8, 4) is 0 Å². The topological polar surface area (TPSA) is 117 Å². The summed E-state index contributed by atoms with van der Waals surface area (Å²) in [5.41, 5.74) is 10.8. The fourth-order valence-corrected chi connectivity index (χ4v) is 1.09. The monoisotopic (exact) mass is 223 g/mol. The minimum Gasteiger partial charge on any atom is -0.459 e. The van der Waals surface area contributed by atoms with Crippen LogP contribution in [-0.2, 0) is 16.0 Å². The normalized spacial score (nSPS) is 11.8. The molecule has 1 heterocycles. The fraction of sp³-hybridized carbons (Fsp3) is 0.333. The van der Waals surface area contributed by atoms with Crippen molar-refractivity contribution in [1.82, 2.24) is 15.0 Å². The Hall–Kier alpha value is -2.18. The molecule has 0 aliphatic carbocycles. The van der Waals surface area contributed by atoms with Crippen LogP contribution in [0.1, 0.15) is 12.7 Å². The third-order valence-electron chi connectivity index (χ3n) is 1.67. The molecule has 1 rings (SSSR count). The summed E-state index contributed by atoms with van der Waals surface area (Å²) in [7, 11) is 0. The highest BCUT2D eigenvalue weighted by Gasteiger charge is 2.11. The van der Waals surface area contributed by atoms with E-state index in [-0.39, 0.29) is 18.0 Å². The van der Waals surface area contributed by atoms with Gasteiger partial charge in [0.2, 0.25) is 11.9 Å². The van der Waals surface area contributed by atoms with E-state index >= 15 is 0 Å². The van der Waals surface area contributed by atoms with Crippen LogP contribution in [0.3, 0.4) is 0 Å². The summed E-state index contributed by atoms with van der Waals surface area (Å²) in [5.74, 6) is -0.0219. The van der Waals surface area contributed by atoms with Crippen molar-refractivity contribution in [3.63, 3.8) is 0 Å². The first-order chi connectivity index (χ1) is 7.51. The Morgan fingerprint density at radius 3 is 2.50 bits per heavy atom. The lowest BCUT2D eigenvalue weighted by Gasteiger charge is -2.10. The molecule has 1 atom stereocenters. The van der Waals surface area contributed by atoms with Crippen molar-refractivity contribution in [1.29, 1.82) is 0 Å². The minimum absolute atomic E-state index is 0.0461. The van der Waals surface area contributed by atoms with E-state index in [0.29, 0.717) is 12.2 Å². The summed E-state index contributed by atoms with van der Waals surface area (Å²) in [5, 5.41) is 0. The molecule has 7 heteroatoms. The molecule has 0 aliphatic heterocycles. The summed E-state index contributed by atoms with van der Waals surface area (Å²) >= 11 is 0.